The van der Waals surface area contributed by atoms with Gasteiger partial charge in [0.1, 0.15) is 17.6 Å². The maximum absolute atomic E-state index is 13.2. The molecule has 3 aromatic carbocycles. The molecule has 0 unspecified atom stereocenters. The fourth-order valence-electron chi connectivity index (χ4n) is 4.57. The van der Waals surface area contributed by atoms with E-state index in [1.54, 1.807) is 73.7 Å². The van der Waals surface area contributed by atoms with E-state index in [9.17, 15) is 14.4 Å². The first kappa shape index (κ1) is 29.7. The molecule has 0 aromatic heterocycles. The number of ether oxygens (including phenoxy) is 6. The zero-order valence-corrected chi connectivity index (χ0v) is 24.1. The van der Waals surface area contributed by atoms with Crippen molar-refractivity contribution in [3.05, 3.63) is 95.1 Å². The Morgan fingerprint density at radius 2 is 1.33 bits per heavy atom. The summed E-state index contributed by atoms with van der Waals surface area (Å²) in [5.74, 6) is 5.88. The van der Waals surface area contributed by atoms with Gasteiger partial charge in [-0.15, -0.1) is 0 Å². The summed E-state index contributed by atoms with van der Waals surface area (Å²) in [6.07, 6.45) is -1.76. The monoisotopic (exact) mass is 584 g/mol. The van der Waals surface area contributed by atoms with Gasteiger partial charge in [0, 0.05) is 11.5 Å². The second-order valence-electron chi connectivity index (χ2n) is 10.3. The van der Waals surface area contributed by atoms with Crippen molar-refractivity contribution in [1.82, 2.24) is 0 Å². The van der Waals surface area contributed by atoms with Gasteiger partial charge in [0.15, 0.2) is 6.10 Å². The second kappa shape index (κ2) is 13.4. The average Bonchev–Trinajstić information content (AvgIpc) is 3.86. The van der Waals surface area contributed by atoms with Crippen LogP contribution in [0.1, 0.15) is 62.8 Å². The number of rotatable bonds is 8. The summed E-state index contributed by atoms with van der Waals surface area (Å²) >= 11 is 0. The van der Waals surface area contributed by atoms with Crippen molar-refractivity contribution in [3.8, 4) is 23.3 Å². The van der Waals surface area contributed by atoms with Gasteiger partial charge in [-0.05, 0) is 80.4 Å². The Labute approximate surface area is 250 Å². The normalized spacial score (nSPS) is 21.0. The number of benzene rings is 3. The van der Waals surface area contributed by atoms with Gasteiger partial charge in [-0.1, -0.05) is 24.0 Å². The fourth-order valence-corrected chi connectivity index (χ4v) is 4.57. The van der Waals surface area contributed by atoms with Crippen LogP contribution in [0.15, 0.2) is 72.8 Å². The Balaban J connectivity index is 1.34. The third kappa shape index (κ3) is 7.53. The first-order valence-electron chi connectivity index (χ1n) is 14.0. The molecular formula is C34H32O9. The number of carbonyl (C=O) groups is 3. The van der Waals surface area contributed by atoms with Gasteiger partial charge in [-0.3, -0.25) is 0 Å². The number of hydrogen-bond donors (Lipinski definition) is 0. The molecule has 0 amide bonds. The largest absolute Gasteiger partial charge is 0.497 e. The lowest BCUT2D eigenvalue weighted by atomic mass is 10.0. The molecule has 1 heterocycles. The van der Waals surface area contributed by atoms with Crippen LogP contribution in [0, 0.1) is 17.8 Å². The molecule has 0 bridgehead atoms. The molecule has 5 rings (SSSR count). The molecule has 2 aliphatic rings. The minimum atomic E-state index is -1.07. The van der Waals surface area contributed by atoms with E-state index in [0.29, 0.717) is 28.5 Å². The summed E-state index contributed by atoms with van der Waals surface area (Å²) in [6.45, 7) is 1.66. The Bertz CT molecular complexity index is 1510. The van der Waals surface area contributed by atoms with Crippen molar-refractivity contribution in [2.75, 3.05) is 14.2 Å². The van der Waals surface area contributed by atoms with Crippen LogP contribution in [0.2, 0.25) is 0 Å². The first-order chi connectivity index (χ1) is 20.8. The van der Waals surface area contributed by atoms with E-state index in [2.05, 4.69) is 11.8 Å². The first-order valence-corrected chi connectivity index (χ1v) is 14.0. The smallest absolute Gasteiger partial charge is 0.341 e. The van der Waals surface area contributed by atoms with E-state index in [1.807, 2.05) is 6.07 Å². The topological polar surface area (TPSA) is 107 Å². The van der Waals surface area contributed by atoms with Crippen LogP contribution in [-0.4, -0.2) is 56.7 Å². The highest BCUT2D eigenvalue weighted by Crippen LogP contribution is 2.30. The van der Waals surface area contributed by atoms with E-state index < -0.39 is 42.5 Å². The zero-order valence-electron chi connectivity index (χ0n) is 24.1. The molecule has 3 aromatic rings. The fraction of sp³-hybridized carbons (Fsp3) is 0.324. The molecule has 0 N–H and O–H groups in total. The number of methoxy groups -OCH3 is 2. The molecule has 1 aliphatic heterocycles. The molecule has 2 fully saturated rings. The average molecular weight is 585 g/mol. The third-order valence-electron chi connectivity index (χ3n) is 7.15. The second-order valence-corrected chi connectivity index (χ2v) is 10.3. The van der Waals surface area contributed by atoms with Gasteiger partial charge >= 0.3 is 17.9 Å². The van der Waals surface area contributed by atoms with Crippen molar-refractivity contribution in [3.63, 3.8) is 0 Å². The molecule has 4 atom stereocenters. The Morgan fingerprint density at radius 1 is 0.744 bits per heavy atom. The standard InChI is InChI=1S/C34H32O9/c1-21-31(43-33(36)25-14-18-27(39-3)19-15-25)29(41-32(35)24-12-16-26(38-2)17-13-24)20-30(40-21)42-34(37)28-7-5-4-6-23(28)11-10-22-8-9-22/h4-7,12-19,21-22,29-31H,8-9,20H2,1-3H3/t21-,29+,30-,31-/m1/s1. The highest BCUT2D eigenvalue weighted by atomic mass is 16.7. The van der Waals surface area contributed by atoms with Crippen molar-refractivity contribution >= 4 is 17.9 Å². The van der Waals surface area contributed by atoms with Gasteiger partial charge in [0.2, 0.25) is 6.29 Å². The molecule has 1 aliphatic carbocycles. The highest BCUT2D eigenvalue weighted by molar-refractivity contribution is 5.92. The predicted octanol–water partition coefficient (Wildman–Crippen LogP) is 5.21. The van der Waals surface area contributed by atoms with Gasteiger partial charge < -0.3 is 28.4 Å². The highest BCUT2D eigenvalue weighted by Gasteiger charge is 2.43. The summed E-state index contributed by atoms with van der Waals surface area (Å²) in [5, 5.41) is 0. The lowest BCUT2D eigenvalue weighted by molar-refractivity contribution is -0.226. The van der Waals surface area contributed by atoms with Crippen LogP contribution >= 0.6 is 0 Å². The minimum Gasteiger partial charge on any atom is -0.497 e. The van der Waals surface area contributed by atoms with Gasteiger partial charge in [0.25, 0.3) is 0 Å². The summed E-state index contributed by atoms with van der Waals surface area (Å²) in [7, 11) is 3.05. The van der Waals surface area contributed by atoms with Crippen molar-refractivity contribution in [2.45, 2.75) is 50.8 Å². The Morgan fingerprint density at radius 3 is 1.91 bits per heavy atom. The Hall–Kier alpha value is -4.81. The molecule has 1 saturated carbocycles. The van der Waals surface area contributed by atoms with E-state index in [0.717, 1.165) is 12.8 Å². The number of hydrogen-bond acceptors (Lipinski definition) is 9. The summed E-state index contributed by atoms with van der Waals surface area (Å²) in [6, 6.07) is 19.8. The number of esters is 3. The maximum atomic E-state index is 13.2. The third-order valence-corrected chi connectivity index (χ3v) is 7.15. The quantitative estimate of drug-likeness (QED) is 0.200. The van der Waals surface area contributed by atoms with E-state index >= 15 is 0 Å². The molecule has 0 spiro atoms. The van der Waals surface area contributed by atoms with E-state index in [1.165, 1.54) is 14.2 Å². The van der Waals surface area contributed by atoms with Gasteiger partial charge in [0.05, 0.1) is 43.4 Å². The summed E-state index contributed by atoms with van der Waals surface area (Å²) < 4.78 is 33.7. The van der Waals surface area contributed by atoms with Crippen LogP contribution in [0.5, 0.6) is 11.5 Å². The minimum absolute atomic E-state index is 0.0611. The Kier molecular flexibility index (Phi) is 9.28. The van der Waals surface area contributed by atoms with Crippen LogP contribution in [0.3, 0.4) is 0 Å². The van der Waals surface area contributed by atoms with E-state index in [-0.39, 0.29) is 17.5 Å². The molecule has 222 valence electrons. The van der Waals surface area contributed by atoms with Crippen LogP contribution in [0.25, 0.3) is 0 Å². The van der Waals surface area contributed by atoms with E-state index in [4.69, 9.17) is 28.4 Å². The van der Waals surface area contributed by atoms with Crippen LogP contribution in [-0.2, 0) is 18.9 Å². The van der Waals surface area contributed by atoms with Gasteiger partial charge in [-0.25, -0.2) is 14.4 Å². The van der Waals surface area contributed by atoms with Crippen molar-refractivity contribution < 1.29 is 42.8 Å². The maximum Gasteiger partial charge on any atom is 0.341 e. The summed E-state index contributed by atoms with van der Waals surface area (Å²) in [5.41, 5.74) is 1.44. The molecular weight excluding hydrogens is 552 g/mol. The summed E-state index contributed by atoms with van der Waals surface area (Å²) in [4.78, 5) is 39.4. The lowest BCUT2D eigenvalue weighted by Crippen LogP contribution is -2.52. The van der Waals surface area contributed by atoms with Crippen LogP contribution < -0.4 is 9.47 Å². The number of carbonyl (C=O) groups excluding carboxylic acids is 3. The SMILES string of the molecule is COc1ccc(C(=O)O[C@H]2[C@@H](OC(=O)c3ccc(OC)cc3)C[C@@H](OC(=O)c3ccccc3C#CC3CC3)O[C@@H]2C)cc1. The lowest BCUT2D eigenvalue weighted by Gasteiger charge is -2.38. The molecule has 9 nitrogen and oxygen atoms in total. The molecule has 9 heteroatoms. The van der Waals surface area contributed by atoms with Gasteiger partial charge in [-0.2, -0.15) is 0 Å². The molecule has 43 heavy (non-hydrogen) atoms. The van der Waals surface area contributed by atoms with Crippen LogP contribution in [0.4, 0.5) is 0 Å². The predicted molar refractivity (Wildman–Crippen MR) is 155 cm³/mol. The zero-order chi connectivity index (χ0) is 30.3. The van der Waals surface area contributed by atoms with Crippen molar-refractivity contribution in [2.24, 2.45) is 5.92 Å². The molecule has 1 saturated heterocycles. The molecule has 0 radical (unpaired) electrons. The van der Waals surface area contributed by atoms with Crippen molar-refractivity contribution in [1.29, 1.82) is 0 Å².